The van der Waals surface area contributed by atoms with Crippen LogP contribution in [0.2, 0.25) is 0 Å². The van der Waals surface area contributed by atoms with Crippen molar-refractivity contribution in [2.24, 2.45) is 17.3 Å². The Morgan fingerprint density at radius 3 is 2.73 bits per heavy atom. The topological polar surface area (TPSA) is 47.8 Å². The lowest BCUT2D eigenvalue weighted by Crippen LogP contribution is -2.28. The van der Waals surface area contributed by atoms with E-state index in [1.165, 1.54) is 15.1 Å². The molecule has 22 heavy (non-hydrogen) atoms. The van der Waals surface area contributed by atoms with Crippen molar-refractivity contribution in [3.8, 4) is 0 Å². The van der Waals surface area contributed by atoms with Gasteiger partial charge in [0.2, 0.25) is 0 Å². The molecule has 0 aromatic carbocycles. The number of thiophene rings is 1. The van der Waals surface area contributed by atoms with Crippen molar-refractivity contribution in [2.45, 2.75) is 60.4 Å². The first-order valence-corrected chi connectivity index (χ1v) is 8.97. The predicted octanol–water partition coefficient (Wildman–Crippen LogP) is 3.66. The normalized spacial score (nSPS) is 18.9. The van der Waals surface area contributed by atoms with Crippen LogP contribution < -0.4 is 5.56 Å². The van der Waals surface area contributed by atoms with Crippen molar-refractivity contribution in [3.05, 3.63) is 20.8 Å². The summed E-state index contributed by atoms with van der Waals surface area (Å²) in [6.45, 7) is 11.8. The monoisotopic (exact) mass is 319 g/mol. The molecule has 0 fully saturated rings. The summed E-state index contributed by atoms with van der Waals surface area (Å²) < 4.78 is 1.54. The van der Waals surface area contributed by atoms with Crippen LogP contribution >= 0.6 is 11.3 Å². The number of hydrogen-bond acceptors (Lipinski definition) is 4. The predicted molar refractivity (Wildman–Crippen MR) is 91.5 cm³/mol. The average molecular weight is 319 g/mol. The second-order valence-corrected chi connectivity index (χ2v) is 9.04. The molecule has 4 nitrogen and oxygen atoms in total. The molecule has 0 saturated carbocycles. The molecule has 0 bridgehead atoms. The Hall–Kier alpha value is -1.23. The van der Waals surface area contributed by atoms with Gasteiger partial charge in [0.25, 0.3) is 5.56 Å². The Morgan fingerprint density at radius 2 is 2.09 bits per heavy atom. The second kappa shape index (κ2) is 5.44. The molecule has 2 heterocycles. The lowest BCUT2D eigenvalue weighted by molar-refractivity contribution is 0.218. The van der Waals surface area contributed by atoms with Gasteiger partial charge < -0.3 is 0 Å². The van der Waals surface area contributed by atoms with E-state index in [0.29, 0.717) is 23.8 Å². The first kappa shape index (κ1) is 15.7. The molecular formula is C17H25N3OS. The maximum Gasteiger partial charge on any atom is 0.278 e. The highest BCUT2D eigenvalue weighted by Gasteiger charge is 2.31. The van der Waals surface area contributed by atoms with Crippen LogP contribution in [0.3, 0.4) is 0 Å². The van der Waals surface area contributed by atoms with Gasteiger partial charge in [0.05, 0.1) is 5.39 Å². The molecule has 1 atom stereocenters. The number of fused-ring (bicyclic) bond motifs is 3. The zero-order valence-corrected chi connectivity index (χ0v) is 15.0. The van der Waals surface area contributed by atoms with Gasteiger partial charge in [0.1, 0.15) is 0 Å². The highest BCUT2D eigenvalue weighted by Crippen LogP contribution is 2.41. The molecule has 1 aliphatic rings. The molecule has 0 N–H and O–H groups in total. The minimum Gasteiger partial charge on any atom is -0.267 e. The molecule has 0 saturated heterocycles. The van der Waals surface area contributed by atoms with E-state index < -0.39 is 0 Å². The smallest absolute Gasteiger partial charge is 0.267 e. The van der Waals surface area contributed by atoms with Crippen molar-refractivity contribution < 1.29 is 0 Å². The van der Waals surface area contributed by atoms with Crippen molar-refractivity contribution in [3.63, 3.8) is 0 Å². The molecule has 5 heteroatoms. The number of rotatable bonds is 2. The summed E-state index contributed by atoms with van der Waals surface area (Å²) in [4.78, 5) is 14.9. The van der Waals surface area contributed by atoms with Gasteiger partial charge in [-0.3, -0.25) is 4.79 Å². The molecule has 2 aromatic rings. The van der Waals surface area contributed by atoms with Gasteiger partial charge in [0, 0.05) is 11.4 Å². The van der Waals surface area contributed by atoms with Crippen molar-refractivity contribution in [1.82, 2.24) is 15.0 Å². The van der Waals surface area contributed by atoms with Crippen LogP contribution in [-0.2, 0) is 19.4 Å². The third kappa shape index (κ3) is 2.71. The number of aryl methyl sites for hydroxylation is 1. The maximum absolute atomic E-state index is 12.7. The second-order valence-electron chi connectivity index (χ2n) is 7.96. The molecule has 2 aromatic heterocycles. The summed E-state index contributed by atoms with van der Waals surface area (Å²) in [5, 5.41) is 9.28. The van der Waals surface area contributed by atoms with Gasteiger partial charge >= 0.3 is 0 Å². The zero-order valence-electron chi connectivity index (χ0n) is 14.1. The molecular weight excluding hydrogens is 294 g/mol. The Balaban J connectivity index is 2.06. The quantitative estimate of drug-likeness (QED) is 0.848. The molecule has 0 spiro atoms. The Morgan fingerprint density at radius 1 is 1.36 bits per heavy atom. The molecule has 3 rings (SSSR count). The zero-order chi connectivity index (χ0) is 16.1. The summed E-state index contributed by atoms with van der Waals surface area (Å²) in [6, 6.07) is 0. The van der Waals surface area contributed by atoms with E-state index in [2.05, 4.69) is 44.9 Å². The number of aromatic nitrogens is 3. The third-order valence-electron chi connectivity index (χ3n) is 4.70. The van der Waals surface area contributed by atoms with Crippen molar-refractivity contribution in [1.29, 1.82) is 0 Å². The van der Waals surface area contributed by atoms with Gasteiger partial charge in [-0.2, -0.15) is 0 Å². The third-order valence-corrected chi connectivity index (χ3v) is 5.84. The fraction of sp³-hybridized carbons (Fsp3) is 0.706. The lowest BCUT2D eigenvalue weighted by Gasteiger charge is -2.33. The van der Waals surface area contributed by atoms with Crippen LogP contribution in [0.1, 0.15) is 51.5 Å². The van der Waals surface area contributed by atoms with E-state index in [4.69, 9.17) is 0 Å². The summed E-state index contributed by atoms with van der Waals surface area (Å²) >= 11 is 1.67. The summed E-state index contributed by atoms with van der Waals surface area (Å²) in [5.41, 5.74) is 1.61. The van der Waals surface area contributed by atoms with Gasteiger partial charge in [-0.1, -0.05) is 39.8 Å². The fourth-order valence-electron chi connectivity index (χ4n) is 3.33. The standard InChI is InChI=1S/C17H25N3OS/c1-10(2)9-20-16(21)14-12-7-6-11(17(3,4)5)8-13(12)22-15(14)18-19-20/h10-11H,6-9H2,1-5H3/t11-/m1/s1. The Labute approximate surface area is 135 Å². The van der Waals surface area contributed by atoms with Crippen LogP contribution in [0, 0.1) is 17.3 Å². The molecule has 0 unspecified atom stereocenters. The fourth-order valence-corrected chi connectivity index (χ4v) is 4.57. The lowest BCUT2D eigenvalue weighted by atomic mass is 9.72. The van der Waals surface area contributed by atoms with Crippen LogP contribution in [0.25, 0.3) is 10.2 Å². The van der Waals surface area contributed by atoms with E-state index >= 15 is 0 Å². The molecule has 0 aliphatic heterocycles. The van der Waals surface area contributed by atoms with E-state index in [-0.39, 0.29) is 5.56 Å². The van der Waals surface area contributed by atoms with Gasteiger partial charge in [0.15, 0.2) is 4.83 Å². The average Bonchev–Trinajstić information content (AvgIpc) is 2.78. The van der Waals surface area contributed by atoms with Crippen LogP contribution in [0.4, 0.5) is 0 Å². The SMILES string of the molecule is CC(C)Cn1nnc2sc3c(c2c1=O)CC[C@@H](C(C)(C)C)C3. The minimum atomic E-state index is 0.0467. The van der Waals surface area contributed by atoms with Crippen LogP contribution in [0.5, 0.6) is 0 Å². The van der Waals surface area contributed by atoms with E-state index in [1.54, 1.807) is 11.3 Å². The number of nitrogens with zero attached hydrogens (tertiary/aromatic N) is 3. The maximum atomic E-state index is 12.7. The van der Waals surface area contributed by atoms with Gasteiger partial charge in [-0.25, -0.2) is 4.68 Å². The van der Waals surface area contributed by atoms with Gasteiger partial charge in [-0.05, 0) is 42.1 Å². The molecule has 0 amide bonds. The van der Waals surface area contributed by atoms with E-state index in [9.17, 15) is 4.79 Å². The highest BCUT2D eigenvalue weighted by molar-refractivity contribution is 7.18. The summed E-state index contributed by atoms with van der Waals surface area (Å²) in [7, 11) is 0. The van der Waals surface area contributed by atoms with Crippen LogP contribution in [-0.4, -0.2) is 15.0 Å². The van der Waals surface area contributed by atoms with Crippen molar-refractivity contribution in [2.75, 3.05) is 0 Å². The van der Waals surface area contributed by atoms with E-state index in [0.717, 1.165) is 29.5 Å². The number of hydrogen-bond donors (Lipinski definition) is 0. The highest BCUT2D eigenvalue weighted by atomic mass is 32.1. The first-order chi connectivity index (χ1) is 10.3. The van der Waals surface area contributed by atoms with Crippen LogP contribution in [0.15, 0.2) is 4.79 Å². The van der Waals surface area contributed by atoms with Crippen molar-refractivity contribution >= 4 is 21.6 Å². The largest absolute Gasteiger partial charge is 0.278 e. The molecule has 1 aliphatic carbocycles. The summed E-state index contributed by atoms with van der Waals surface area (Å²) in [6.07, 6.45) is 3.23. The Bertz CT molecular complexity index is 752. The first-order valence-electron chi connectivity index (χ1n) is 8.15. The molecule has 120 valence electrons. The van der Waals surface area contributed by atoms with Gasteiger partial charge in [-0.15, -0.1) is 16.4 Å². The molecule has 0 radical (unpaired) electrons. The Kier molecular flexibility index (Phi) is 3.87. The summed E-state index contributed by atoms with van der Waals surface area (Å²) in [5.74, 6) is 1.07. The minimum absolute atomic E-state index is 0.0467. The van der Waals surface area contributed by atoms with E-state index in [1.807, 2.05) is 0 Å².